The summed E-state index contributed by atoms with van der Waals surface area (Å²) in [4.78, 5) is 13.1. The number of methoxy groups -OCH3 is 1. The summed E-state index contributed by atoms with van der Waals surface area (Å²) in [6.07, 6.45) is 1.71. The molecule has 8 nitrogen and oxygen atoms in total. The molecule has 0 saturated heterocycles. The van der Waals surface area contributed by atoms with E-state index < -0.39 is 11.5 Å². The molecule has 2 aliphatic heterocycles. The van der Waals surface area contributed by atoms with E-state index in [1.54, 1.807) is 19.4 Å². The van der Waals surface area contributed by atoms with Gasteiger partial charge < -0.3 is 23.9 Å². The van der Waals surface area contributed by atoms with Crippen LogP contribution in [0.3, 0.4) is 0 Å². The molecule has 2 aliphatic rings. The van der Waals surface area contributed by atoms with E-state index in [2.05, 4.69) is 15.5 Å². The summed E-state index contributed by atoms with van der Waals surface area (Å²) < 4.78 is 22.2. The fraction of sp³-hybridized carbons (Fsp3) is 0.143. The van der Waals surface area contributed by atoms with Crippen molar-refractivity contribution in [2.75, 3.05) is 19.2 Å². The van der Waals surface area contributed by atoms with Gasteiger partial charge in [-0.05, 0) is 29.8 Å². The highest BCUT2D eigenvalue weighted by molar-refractivity contribution is 5.95. The Hall–Kier alpha value is -3.94. The molecule has 0 radical (unpaired) electrons. The van der Waals surface area contributed by atoms with Crippen LogP contribution in [0.25, 0.3) is 11.0 Å². The molecule has 0 unspecified atom stereocenters. The summed E-state index contributed by atoms with van der Waals surface area (Å²) in [5.74, 6) is 2.00. The number of nitrogens with zero attached hydrogens (tertiary/aromatic N) is 1. The van der Waals surface area contributed by atoms with Crippen molar-refractivity contribution in [3.8, 4) is 17.2 Å². The molecule has 4 heterocycles. The van der Waals surface area contributed by atoms with Crippen LogP contribution in [0, 0.1) is 0 Å². The van der Waals surface area contributed by atoms with Gasteiger partial charge in [-0.25, -0.2) is 4.79 Å². The Morgan fingerprint density at radius 1 is 1.21 bits per heavy atom. The highest BCUT2D eigenvalue weighted by Gasteiger charge is 2.35. The number of hydrogen-bond acceptors (Lipinski definition) is 7. The third kappa shape index (κ3) is 2.19. The second-order valence-electron chi connectivity index (χ2n) is 6.89. The number of ether oxygens (including phenoxy) is 3. The molecule has 2 N–H and O–H groups in total. The predicted molar refractivity (Wildman–Crippen MR) is 104 cm³/mol. The van der Waals surface area contributed by atoms with Crippen molar-refractivity contribution in [3.05, 3.63) is 69.7 Å². The molecule has 0 bridgehead atoms. The van der Waals surface area contributed by atoms with Crippen LogP contribution in [0.1, 0.15) is 22.6 Å². The SMILES string of the molecule is COc1cc([C@@H]2c3cn[nH]c3Nc3c2c(=O)oc2ccccc32)cc2c1OCO2. The van der Waals surface area contributed by atoms with Crippen LogP contribution in [-0.4, -0.2) is 24.1 Å². The minimum atomic E-state index is -0.413. The number of aromatic amines is 1. The van der Waals surface area contributed by atoms with Gasteiger partial charge in [-0.15, -0.1) is 0 Å². The molecule has 29 heavy (non-hydrogen) atoms. The van der Waals surface area contributed by atoms with Crippen molar-refractivity contribution in [2.24, 2.45) is 0 Å². The lowest BCUT2D eigenvalue weighted by atomic mass is 9.83. The molecule has 8 heteroatoms. The van der Waals surface area contributed by atoms with Gasteiger partial charge in [0, 0.05) is 16.9 Å². The molecular formula is C21H15N3O5. The molecule has 6 rings (SSSR count). The van der Waals surface area contributed by atoms with Gasteiger partial charge in [0.15, 0.2) is 11.5 Å². The summed E-state index contributed by atoms with van der Waals surface area (Å²) >= 11 is 0. The van der Waals surface area contributed by atoms with E-state index in [-0.39, 0.29) is 6.79 Å². The van der Waals surface area contributed by atoms with E-state index in [0.29, 0.717) is 34.1 Å². The smallest absolute Gasteiger partial charge is 0.342 e. The van der Waals surface area contributed by atoms with E-state index in [0.717, 1.165) is 22.3 Å². The van der Waals surface area contributed by atoms with Crippen molar-refractivity contribution in [1.29, 1.82) is 0 Å². The van der Waals surface area contributed by atoms with E-state index in [1.165, 1.54) is 0 Å². The molecule has 0 saturated carbocycles. The largest absolute Gasteiger partial charge is 0.493 e. The summed E-state index contributed by atoms with van der Waals surface area (Å²) in [5.41, 5.74) is 2.99. The van der Waals surface area contributed by atoms with Crippen molar-refractivity contribution < 1.29 is 18.6 Å². The molecule has 0 amide bonds. The van der Waals surface area contributed by atoms with Crippen LogP contribution in [0.15, 0.2) is 51.8 Å². The summed E-state index contributed by atoms with van der Waals surface area (Å²) in [6, 6.07) is 11.2. The Labute approximate surface area is 164 Å². The Bertz CT molecular complexity index is 1340. The molecule has 2 aromatic carbocycles. The Kier molecular flexibility index (Phi) is 3.20. The number of anilines is 2. The first-order valence-corrected chi connectivity index (χ1v) is 9.08. The predicted octanol–water partition coefficient (Wildman–Crippen LogP) is 3.49. The number of benzene rings is 2. The van der Waals surface area contributed by atoms with E-state index in [4.69, 9.17) is 18.6 Å². The van der Waals surface area contributed by atoms with Gasteiger partial charge in [-0.1, -0.05) is 12.1 Å². The lowest BCUT2D eigenvalue weighted by Gasteiger charge is -2.26. The highest BCUT2D eigenvalue weighted by Crippen LogP contribution is 2.49. The fourth-order valence-electron chi connectivity index (χ4n) is 4.12. The summed E-state index contributed by atoms with van der Waals surface area (Å²) in [5, 5.41) is 11.3. The number of rotatable bonds is 2. The Balaban J connectivity index is 1.67. The van der Waals surface area contributed by atoms with E-state index in [9.17, 15) is 4.79 Å². The van der Waals surface area contributed by atoms with Crippen LogP contribution in [0.4, 0.5) is 11.5 Å². The van der Waals surface area contributed by atoms with Crippen molar-refractivity contribution >= 4 is 22.5 Å². The third-order valence-electron chi connectivity index (χ3n) is 5.38. The van der Waals surface area contributed by atoms with Gasteiger partial charge >= 0.3 is 5.63 Å². The van der Waals surface area contributed by atoms with Gasteiger partial charge in [0.05, 0.1) is 24.6 Å². The van der Waals surface area contributed by atoms with Crippen LogP contribution >= 0.6 is 0 Å². The second kappa shape index (κ2) is 5.78. The van der Waals surface area contributed by atoms with E-state index >= 15 is 0 Å². The number of nitrogens with one attached hydrogen (secondary N) is 2. The van der Waals surface area contributed by atoms with Gasteiger partial charge in [-0.2, -0.15) is 5.10 Å². The zero-order valence-electron chi connectivity index (χ0n) is 15.3. The number of H-pyrrole nitrogens is 1. The van der Waals surface area contributed by atoms with Crippen LogP contribution in [-0.2, 0) is 0 Å². The second-order valence-corrected chi connectivity index (χ2v) is 6.89. The Morgan fingerprint density at radius 2 is 2.10 bits per heavy atom. The maximum absolute atomic E-state index is 13.1. The number of para-hydroxylation sites is 1. The first-order chi connectivity index (χ1) is 14.2. The molecule has 0 spiro atoms. The molecule has 0 fully saturated rings. The Morgan fingerprint density at radius 3 is 3.00 bits per heavy atom. The van der Waals surface area contributed by atoms with Crippen LogP contribution in [0.2, 0.25) is 0 Å². The molecule has 2 aromatic heterocycles. The van der Waals surface area contributed by atoms with Gasteiger partial charge in [0.25, 0.3) is 0 Å². The zero-order chi connectivity index (χ0) is 19.5. The van der Waals surface area contributed by atoms with Gasteiger partial charge in [0.2, 0.25) is 12.5 Å². The first kappa shape index (κ1) is 16.1. The summed E-state index contributed by atoms with van der Waals surface area (Å²) in [6.45, 7) is 0.127. The van der Waals surface area contributed by atoms with Gasteiger partial charge in [-0.3, -0.25) is 5.10 Å². The summed E-state index contributed by atoms with van der Waals surface area (Å²) in [7, 11) is 1.57. The van der Waals surface area contributed by atoms with Crippen LogP contribution < -0.4 is 25.2 Å². The monoisotopic (exact) mass is 389 g/mol. The molecule has 144 valence electrons. The number of hydrogen-bond donors (Lipinski definition) is 2. The fourth-order valence-corrected chi connectivity index (χ4v) is 4.12. The number of fused-ring (bicyclic) bond motifs is 5. The molecule has 0 aliphatic carbocycles. The zero-order valence-corrected chi connectivity index (χ0v) is 15.3. The lowest BCUT2D eigenvalue weighted by molar-refractivity contribution is 0.171. The highest BCUT2D eigenvalue weighted by atomic mass is 16.7. The molecule has 1 atom stereocenters. The molecule has 4 aromatic rings. The molecular weight excluding hydrogens is 374 g/mol. The average molecular weight is 389 g/mol. The maximum atomic E-state index is 13.1. The van der Waals surface area contributed by atoms with E-state index in [1.807, 2.05) is 30.3 Å². The quantitative estimate of drug-likeness (QED) is 0.446. The standard InChI is InChI=1S/C21H15N3O5/c1-26-14-6-10(7-15-19(14)28-9-27-15)16-12-8-22-24-20(12)23-18-11-4-2-3-5-13(11)29-21(25)17(16)18/h2-8,16H,9H2,1H3,(H2,22,23,24)/t16-/m1/s1. The minimum Gasteiger partial charge on any atom is -0.493 e. The van der Waals surface area contributed by atoms with Crippen molar-refractivity contribution in [1.82, 2.24) is 10.2 Å². The average Bonchev–Trinajstić information content (AvgIpc) is 3.40. The number of aromatic nitrogens is 2. The lowest BCUT2D eigenvalue weighted by Crippen LogP contribution is -2.22. The first-order valence-electron chi connectivity index (χ1n) is 9.08. The maximum Gasteiger partial charge on any atom is 0.342 e. The van der Waals surface area contributed by atoms with Crippen molar-refractivity contribution in [2.45, 2.75) is 5.92 Å². The third-order valence-corrected chi connectivity index (χ3v) is 5.38. The topological polar surface area (TPSA) is 98.6 Å². The van der Waals surface area contributed by atoms with Crippen LogP contribution in [0.5, 0.6) is 17.2 Å². The minimum absolute atomic E-state index is 0.127. The van der Waals surface area contributed by atoms with Crippen molar-refractivity contribution in [3.63, 3.8) is 0 Å². The normalized spacial score (nSPS) is 16.2. The van der Waals surface area contributed by atoms with Gasteiger partial charge in [0.1, 0.15) is 11.4 Å².